The molecule has 0 aromatic heterocycles. The molecule has 7 nitrogen and oxygen atoms in total. The van der Waals surface area contributed by atoms with Gasteiger partial charge in [0.05, 0.1) is 18.2 Å². The number of hydrogen-bond donors (Lipinski definition) is 0. The van der Waals surface area contributed by atoms with Gasteiger partial charge in [-0.25, -0.2) is 0 Å². The van der Waals surface area contributed by atoms with Crippen LogP contribution >= 0.6 is 0 Å². The summed E-state index contributed by atoms with van der Waals surface area (Å²) in [5.74, 6) is 0. The Morgan fingerprint density at radius 2 is 1.53 bits per heavy atom. The predicted molar refractivity (Wildman–Crippen MR) is 61.7 cm³/mol. The van der Waals surface area contributed by atoms with Gasteiger partial charge in [-0.15, -0.1) is 0 Å². The Bertz CT molecular complexity index is 583. The lowest BCUT2D eigenvalue weighted by molar-refractivity contribution is 0.125. The van der Waals surface area contributed by atoms with Gasteiger partial charge in [0.15, 0.2) is 6.19 Å². The van der Waals surface area contributed by atoms with E-state index in [1.807, 2.05) is 0 Å². The van der Waals surface area contributed by atoms with Crippen LogP contribution in [0.5, 0.6) is 0 Å². The molecule has 1 rings (SSSR count). The number of likely N-dealkylation sites (N-methyl/N-ethyl adjacent to an activating group) is 1. The first kappa shape index (κ1) is 14.0. The van der Waals surface area contributed by atoms with Crippen molar-refractivity contribution in [2.24, 2.45) is 5.41 Å². The summed E-state index contributed by atoms with van der Waals surface area (Å²) in [6, 6.07) is 6.09. The highest BCUT2D eigenvalue weighted by Crippen LogP contribution is 2.43. The maximum absolute atomic E-state index is 9.40. The first-order chi connectivity index (χ1) is 8.99. The van der Waals surface area contributed by atoms with Gasteiger partial charge < -0.3 is 4.90 Å². The SMILES string of the molecule is CN(C)C1C=CN(C#N)C(C#N)(C#N)C1(C#N)C#N. The minimum Gasteiger partial charge on any atom is -0.300 e. The van der Waals surface area contributed by atoms with E-state index in [0.717, 1.165) is 4.90 Å². The summed E-state index contributed by atoms with van der Waals surface area (Å²) < 4.78 is 0. The van der Waals surface area contributed by atoms with Crippen LogP contribution in [0.3, 0.4) is 0 Å². The Labute approximate surface area is 111 Å². The first-order valence-corrected chi connectivity index (χ1v) is 5.18. The van der Waals surface area contributed by atoms with E-state index in [1.54, 1.807) is 49.5 Å². The Morgan fingerprint density at radius 1 is 1.00 bits per heavy atom. The third-order valence-corrected chi connectivity index (χ3v) is 3.13. The van der Waals surface area contributed by atoms with Crippen molar-refractivity contribution >= 4 is 0 Å². The topological polar surface area (TPSA) is 125 Å². The van der Waals surface area contributed by atoms with Crippen molar-refractivity contribution in [3.8, 4) is 30.5 Å². The second-order valence-corrected chi connectivity index (χ2v) is 4.19. The smallest absolute Gasteiger partial charge is 0.260 e. The van der Waals surface area contributed by atoms with Crippen LogP contribution in [0.25, 0.3) is 0 Å². The second kappa shape index (κ2) is 4.67. The molecule has 1 aliphatic heterocycles. The van der Waals surface area contributed by atoms with E-state index in [-0.39, 0.29) is 0 Å². The summed E-state index contributed by atoms with van der Waals surface area (Å²) in [7, 11) is 3.25. The number of nitrogens with zero attached hydrogens (tertiary/aromatic N) is 7. The summed E-state index contributed by atoms with van der Waals surface area (Å²) in [6.07, 6.45) is 4.38. The third-order valence-electron chi connectivity index (χ3n) is 3.13. The van der Waals surface area contributed by atoms with Gasteiger partial charge in [0.25, 0.3) is 5.54 Å². The highest BCUT2D eigenvalue weighted by atomic mass is 15.2. The van der Waals surface area contributed by atoms with Crippen LogP contribution in [-0.4, -0.2) is 35.5 Å². The van der Waals surface area contributed by atoms with E-state index >= 15 is 0 Å². The minimum absolute atomic E-state index is 0.749. The molecule has 92 valence electrons. The van der Waals surface area contributed by atoms with Crippen LogP contribution in [0.4, 0.5) is 0 Å². The van der Waals surface area contributed by atoms with Crippen molar-refractivity contribution in [2.75, 3.05) is 14.1 Å². The Morgan fingerprint density at radius 3 is 1.84 bits per heavy atom. The normalized spacial score (nSPS) is 22.4. The van der Waals surface area contributed by atoms with Crippen LogP contribution in [-0.2, 0) is 0 Å². The van der Waals surface area contributed by atoms with Crippen molar-refractivity contribution in [2.45, 2.75) is 11.6 Å². The molecule has 1 aliphatic rings. The highest BCUT2D eigenvalue weighted by molar-refractivity contribution is 5.48. The van der Waals surface area contributed by atoms with Gasteiger partial charge in [0.2, 0.25) is 5.41 Å². The molecule has 0 bridgehead atoms. The molecule has 0 spiro atoms. The summed E-state index contributed by atoms with van der Waals surface area (Å²) in [5.41, 5.74) is -4.15. The van der Waals surface area contributed by atoms with Gasteiger partial charge >= 0.3 is 0 Å². The third kappa shape index (κ3) is 1.50. The van der Waals surface area contributed by atoms with Crippen LogP contribution in [0.15, 0.2) is 12.3 Å². The molecule has 0 saturated carbocycles. The summed E-state index contributed by atoms with van der Waals surface area (Å²) >= 11 is 0. The lowest BCUT2D eigenvalue weighted by Crippen LogP contribution is -2.64. The molecule has 0 aromatic carbocycles. The number of rotatable bonds is 1. The molecule has 0 N–H and O–H groups in total. The maximum Gasteiger partial charge on any atom is 0.260 e. The molecule has 0 aromatic rings. The zero-order valence-electron chi connectivity index (χ0n) is 10.4. The Balaban J connectivity index is 3.76. The molecule has 0 radical (unpaired) electrons. The van der Waals surface area contributed by atoms with Gasteiger partial charge in [-0.2, -0.15) is 26.3 Å². The molecular weight excluding hydrogens is 242 g/mol. The number of hydrogen-bond acceptors (Lipinski definition) is 7. The van der Waals surface area contributed by atoms with Crippen LogP contribution < -0.4 is 0 Å². The molecule has 0 saturated heterocycles. The molecule has 0 amide bonds. The molecule has 1 heterocycles. The summed E-state index contributed by atoms with van der Waals surface area (Å²) in [4.78, 5) is 2.31. The second-order valence-electron chi connectivity index (χ2n) is 4.19. The lowest BCUT2D eigenvalue weighted by atomic mass is 9.65. The molecule has 7 heteroatoms. The van der Waals surface area contributed by atoms with E-state index in [9.17, 15) is 21.0 Å². The van der Waals surface area contributed by atoms with E-state index < -0.39 is 17.0 Å². The van der Waals surface area contributed by atoms with Crippen LogP contribution in [0.2, 0.25) is 0 Å². The molecule has 1 atom stereocenters. The highest BCUT2D eigenvalue weighted by Gasteiger charge is 2.64. The molecule has 1 unspecified atom stereocenters. The summed E-state index contributed by atoms with van der Waals surface area (Å²) in [6.45, 7) is 0. The van der Waals surface area contributed by atoms with Gasteiger partial charge in [-0.05, 0) is 20.2 Å². The Kier molecular flexibility index (Phi) is 3.45. The Hall–Kier alpha value is -3.05. The molecule has 0 aliphatic carbocycles. The fourth-order valence-electron chi connectivity index (χ4n) is 2.12. The van der Waals surface area contributed by atoms with Crippen molar-refractivity contribution in [1.82, 2.24) is 9.80 Å². The fourth-order valence-corrected chi connectivity index (χ4v) is 2.12. The average molecular weight is 251 g/mol. The standard InChI is InChI=1S/C12H9N7/c1-18(2)10-3-4-19(9-17)12(7-15,8-16)11(10,5-13)6-14/h3-4,10H,1-2H3. The van der Waals surface area contributed by atoms with E-state index in [0.29, 0.717) is 0 Å². The van der Waals surface area contributed by atoms with Crippen molar-refractivity contribution in [3.63, 3.8) is 0 Å². The molecular formula is C12H9N7. The van der Waals surface area contributed by atoms with Crippen molar-refractivity contribution in [3.05, 3.63) is 12.3 Å². The largest absolute Gasteiger partial charge is 0.300 e. The van der Waals surface area contributed by atoms with Gasteiger partial charge in [-0.3, -0.25) is 4.90 Å². The van der Waals surface area contributed by atoms with Crippen molar-refractivity contribution in [1.29, 1.82) is 26.3 Å². The quantitative estimate of drug-likeness (QED) is 0.602. The zero-order chi connectivity index (χ0) is 14.7. The summed E-state index contributed by atoms with van der Waals surface area (Å²) in [5, 5.41) is 46.5. The van der Waals surface area contributed by atoms with Gasteiger partial charge in [0.1, 0.15) is 12.1 Å². The van der Waals surface area contributed by atoms with Gasteiger partial charge in [-0.1, -0.05) is 0 Å². The van der Waals surface area contributed by atoms with E-state index in [1.165, 1.54) is 12.3 Å². The molecule has 19 heavy (non-hydrogen) atoms. The van der Waals surface area contributed by atoms with Crippen molar-refractivity contribution < 1.29 is 0 Å². The number of nitriles is 5. The predicted octanol–water partition coefficient (Wildman–Crippen LogP) is 0.0465. The first-order valence-electron chi connectivity index (χ1n) is 5.18. The zero-order valence-corrected chi connectivity index (χ0v) is 10.4. The monoisotopic (exact) mass is 251 g/mol. The van der Waals surface area contributed by atoms with E-state index in [4.69, 9.17) is 5.26 Å². The lowest BCUT2D eigenvalue weighted by Gasteiger charge is -2.44. The maximum atomic E-state index is 9.40. The van der Waals surface area contributed by atoms with Crippen LogP contribution in [0.1, 0.15) is 0 Å². The van der Waals surface area contributed by atoms with E-state index in [2.05, 4.69) is 0 Å². The van der Waals surface area contributed by atoms with Crippen LogP contribution in [0, 0.1) is 62.2 Å². The fraction of sp³-hybridized carbons (Fsp3) is 0.417. The minimum atomic E-state index is -2.17. The average Bonchev–Trinajstić information content (AvgIpc) is 2.44. The van der Waals surface area contributed by atoms with Gasteiger partial charge in [0, 0.05) is 6.20 Å². The molecule has 0 fully saturated rings.